The van der Waals surface area contributed by atoms with Gasteiger partial charge in [0.2, 0.25) is 0 Å². The summed E-state index contributed by atoms with van der Waals surface area (Å²) in [7, 11) is 0. The molecule has 20 heavy (non-hydrogen) atoms. The third-order valence-corrected chi connectivity index (χ3v) is 4.91. The topological polar surface area (TPSA) is 46.9 Å². The van der Waals surface area contributed by atoms with E-state index in [0.29, 0.717) is 17.6 Å². The molecule has 6 heteroatoms. The second-order valence-electron chi connectivity index (χ2n) is 4.63. The molecule has 0 amide bonds. The molecule has 2 rings (SSSR count). The maximum absolute atomic E-state index is 12.1. The van der Waals surface area contributed by atoms with Crippen LogP contribution < -0.4 is 10.9 Å². The molecule has 0 saturated carbocycles. The molecule has 4 nitrogen and oxygen atoms in total. The van der Waals surface area contributed by atoms with Gasteiger partial charge < -0.3 is 5.32 Å². The Morgan fingerprint density at radius 2 is 2.30 bits per heavy atom. The zero-order valence-electron chi connectivity index (χ0n) is 11.6. The first-order chi connectivity index (χ1) is 9.63. The fourth-order valence-electron chi connectivity index (χ4n) is 1.82. The minimum absolute atomic E-state index is 0.0775. The van der Waals surface area contributed by atoms with Gasteiger partial charge in [0.05, 0.1) is 11.9 Å². The van der Waals surface area contributed by atoms with Crippen molar-refractivity contribution in [1.82, 2.24) is 9.78 Å². The van der Waals surface area contributed by atoms with Crippen LogP contribution in [-0.2, 0) is 13.1 Å². The molecular formula is C14H18BrN3OS. The Balaban J connectivity index is 2.11. The molecule has 0 aliphatic carbocycles. The number of hydrogen-bond acceptors (Lipinski definition) is 4. The smallest absolute Gasteiger partial charge is 0.283 e. The number of unbranched alkanes of at least 4 members (excludes halogenated alkanes) is 1. The Bertz CT molecular complexity index is 636. The lowest BCUT2D eigenvalue weighted by atomic mass is 10.3. The molecule has 0 aromatic carbocycles. The van der Waals surface area contributed by atoms with Crippen LogP contribution in [0.2, 0.25) is 0 Å². The standard InChI is InChI=1S/C14H18BrN3OS/c1-3-4-6-18-14(19)13(15)11(8-17-18)16-9-12-10(2)5-7-20-12/h5,7-8,16H,3-4,6,9H2,1-2H3. The van der Waals surface area contributed by atoms with Gasteiger partial charge in [0, 0.05) is 18.0 Å². The van der Waals surface area contributed by atoms with Crippen LogP contribution >= 0.6 is 27.3 Å². The highest BCUT2D eigenvalue weighted by Crippen LogP contribution is 2.20. The number of rotatable bonds is 6. The lowest BCUT2D eigenvalue weighted by Gasteiger charge is -2.10. The van der Waals surface area contributed by atoms with Crippen LogP contribution in [0, 0.1) is 6.92 Å². The highest BCUT2D eigenvalue weighted by atomic mass is 79.9. The minimum Gasteiger partial charge on any atom is -0.378 e. The summed E-state index contributed by atoms with van der Waals surface area (Å²) in [5.74, 6) is 0. The van der Waals surface area contributed by atoms with Gasteiger partial charge in [0.15, 0.2) is 0 Å². The van der Waals surface area contributed by atoms with Crippen molar-refractivity contribution >= 4 is 33.0 Å². The Hall–Kier alpha value is -1.14. The van der Waals surface area contributed by atoms with Crippen molar-refractivity contribution in [3.05, 3.63) is 42.9 Å². The van der Waals surface area contributed by atoms with Crippen LogP contribution in [0.1, 0.15) is 30.2 Å². The molecule has 0 atom stereocenters. The first kappa shape index (κ1) is 15.3. The monoisotopic (exact) mass is 355 g/mol. The molecule has 0 saturated heterocycles. The molecule has 0 spiro atoms. The van der Waals surface area contributed by atoms with Crippen molar-refractivity contribution < 1.29 is 0 Å². The van der Waals surface area contributed by atoms with Gasteiger partial charge in [0.1, 0.15) is 4.47 Å². The van der Waals surface area contributed by atoms with Crippen LogP contribution in [-0.4, -0.2) is 9.78 Å². The second kappa shape index (κ2) is 7.04. The van der Waals surface area contributed by atoms with Gasteiger partial charge in [-0.15, -0.1) is 11.3 Å². The predicted octanol–water partition coefficient (Wildman–Crippen LogP) is 3.79. The van der Waals surface area contributed by atoms with Crippen molar-refractivity contribution in [1.29, 1.82) is 0 Å². The van der Waals surface area contributed by atoms with Gasteiger partial charge in [-0.05, 0) is 46.3 Å². The summed E-state index contributed by atoms with van der Waals surface area (Å²) in [6.07, 6.45) is 3.72. The van der Waals surface area contributed by atoms with Crippen LogP contribution in [0.3, 0.4) is 0 Å². The Kier molecular flexibility index (Phi) is 5.37. The van der Waals surface area contributed by atoms with Crippen molar-refractivity contribution in [2.75, 3.05) is 5.32 Å². The second-order valence-corrected chi connectivity index (χ2v) is 6.43. The van der Waals surface area contributed by atoms with E-state index in [1.54, 1.807) is 17.5 Å². The summed E-state index contributed by atoms with van der Waals surface area (Å²) in [6, 6.07) is 2.09. The summed E-state index contributed by atoms with van der Waals surface area (Å²) in [6.45, 7) is 5.56. The van der Waals surface area contributed by atoms with E-state index in [0.717, 1.165) is 18.5 Å². The number of aromatic nitrogens is 2. The number of hydrogen-bond donors (Lipinski definition) is 1. The van der Waals surface area contributed by atoms with E-state index < -0.39 is 0 Å². The third-order valence-electron chi connectivity index (χ3n) is 3.12. The lowest BCUT2D eigenvalue weighted by molar-refractivity contribution is 0.541. The normalized spacial score (nSPS) is 10.8. The summed E-state index contributed by atoms with van der Waals surface area (Å²) >= 11 is 5.08. The molecule has 2 aromatic heterocycles. The van der Waals surface area contributed by atoms with Crippen molar-refractivity contribution in [2.24, 2.45) is 0 Å². The molecule has 0 radical (unpaired) electrons. The molecule has 0 fully saturated rings. The van der Waals surface area contributed by atoms with E-state index >= 15 is 0 Å². The summed E-state index contributed by atoms with van der Waals surface area (Å²) in [5.41, 5.74) is 1.93. The highest BCUT2D eigenvalue weighted by Gasteiger charge is 2.09. The zero-order valence-corrected chi connectivity index (χ0v) is 14.1. The molecule has 2 aromatic rings. The van der Waals surface area contributed by atoms with Crippen molar-refractivity contribution in [3.8, 4) is 0 Å². The summed E-state index contributed by atoms with van der Waals surface area (Å²) in [5, 5.41) is 9.55. The van der Waals surface area contributed by atoms with E-state index in [1.807, 2.05) is 0 Å². The van der Waals surface area contributed by atoms with Gasteiger partial charge in [-0.1, -0.05) is 13.3 Å². The van der Waals surface area contributed by atoms with Crippen molar-refractivity contribution in [2.45, 2.75) is 39.8 Å². The first-order valence-corrected chi connectivity index (χ1v) is 8.33. The van der Waals surface area contributed by atoms with Gasteiger partial charge in [0.25, 0.3) is 5.56 Å². The average molecular weight is 356 g/mol. The van der Waals surface area contributed by atoms with Gasteiger partial charge in [-0.25, -0.2) is 4.68 Å². The fraction of sp³-hybridized carbons (Fsp3) is 0.429. The molecule has 0 aliphatic heterocycles. The molecule has 0 aliphatic rings. The third kappa shape index (κ3) is 3.49. The van der Waals surface area contributed by atoms with E-state index in [2.05, 4.69) is 51.6 Å². The Labute approximate surface area is 131 Å². The molecular weight excluding hydrogens is 338 g/mol. The number of halogens is 1. The lowest BCUT2D eigenvalue weighted by Crippen LogP contribution is -2.24. The number of thiophene rings is 1. The quantitative estimate of drug-likeness (QED) is 0.857. The van der Waals surface area contributed by atoms with Gasteiger partial charge >= 0.3 is 0 Å². The highest BCUT2D eigenvalue weighted by molar-refractivity contribution is 9.10. The number of nitrogens with one attached hydrogen (secondary N) is 1. The van der Waals surface area contributed by atoms with Gasteiger partial charge in [-0.2, -0.15) is 5.10 Å². The van der Waals surface area contributed by atoms with E-state index in [4.69, 9.17) is 0 Å². The number of aryl methyl sites for hydroxylation is 2. The van der Waals surface area contributed by atoms with Crippen LogP contribution in [0.4, 0.5) is 5.69 Å². The molecule has 2 heterocycles. The van der Waals surface area contributed by atoms with Crippen LogP contribution in [0.15, 0.2) is 26.9 Å². The minimum atomic E-state index is -0.0775. The molecule has 108 valence electrons. The Morgan fingerprint density at radius 3 is 2.95 bits per heavy atom. The van der Waals surface area contributed by atoms with Crippen molar-refractivity contribution in [3.63, 3.8) is 0 Å². The maximum Gasteiger partial charge on any atom is 0.283 e. The molecule has 0 bridgehead atoms. The average Bonchev–Trinajstić information content (AvgIpc) is 2.85. The van der Waals surface area contributed by atoms with E-state index in [9.17, 15) is 4.79 Å². The summed E-state index contributed by atoms with van der Waals surface area (Å²) in [4.78, 5) is 13.4. The Morgan fingerprint density at radius 1 is 1.50 bits per heavy atom. The number of anilines is 1. The van der Waals surface area contributed by atoms with Crippen LogP contribution in [0.25, 0.3) is 0 Å². The number of nitrogens with zero attached hydrogens (tertiary/aromatic N) is 2. The van der Waals surface area contributed by atoms with E-state index in [-0.39, 0.29) is 5.56 Å². The molecule has 1 N–H and O–H groups in total. The van der Waals surface area contributed by atoms with Gasteiger partial charge in [-0.3, -0.25) is 4.79 Å². The summed E-state index contributed by atoms with van der Waals surface area (Å²) < 4.78 is 2.06. The first-order valence-electron chi connectivity index (χ1n) is 6.66. The predicted molar refractivity (Wildman–Crippen MR) is 87.5 cm³/mol. The maximum atomic E-state index is 12.1. The fourth-order valence-corrected chi connectivity index (χ4v) is 3.11. The SMILES string of the molecule is CCCCn1ncc(NCc2sccc2C)c(Br)c1=O. The zero-order chi connectivity index (χ0) is 14.5. The largest absolute Gasteiger partial charge is 0.378 e. The van der Waals surface area contributed by atoms with E-state index in [1.165, 1.54) is 15.1 Å². The van der Waals surface area contributed by atoms with Crippen LogP contribution in [0.5, 0.6) is 0 Å². The molecule has 0 unspecified atom stereocenters.